The summed E-state index contributed by atoms with van der Waals surface area (Å²) in [7, 11) is 0. The average Bonchev–Trinajstić information content (AvgIpc) is 3.27. The van der Waals surface area contributed by atoms with E-state index in [0.29, 0.717) is 18.8 Å². The number of nitrogens with one attached hydrogen (secondary N) is 1. The van der Waals surface area contributed by atoms with Crippen molar-refractivity contribution in [3.63, 3.8) is 0 Å². The number of nitrogens with zero attached hydrogens (tertiary/aromatic N) is 4. The van der Waals surface area contributed by atoms with E-state index in [2.05, 4.69) is 26.7 Å². The van der Waals surface area contributed by atoms with Crippen molar-refractivity contribution in [2.75, 3.05) is 6.54 Å². The molecule has 1 amide bonds. The molecule has 3 aromatic heterocycles. The molecule has 0 aliphatic carbocycles. The Labute approximate surface area is 144 Å². The number of carbonyl (C=O) groups is 1. The number of aromatic nitrogens is 4. The number of rotatable bonds is 3. The van der Waals surface area contributed by atoms with Gasteiger partial charge in [0.2, 0.25) is 0 Å². The van der Waals surface area contributed by atoms with E-state index < -0.39 is 0 Å². The Morgan fingerprint density at radius 3 is 3.04 bits per heavy atom. The fourth-order valence-electron chi connectivity index (χ4n) is 3.13. The van der Waals surface area contributed by atoms with Gasteiger partial charge in [-0.05, 0) is 49.4 Å². The second kappa shape index (κ2) is 5.90. The van der Waals surface area contributed by atoms with Crippen molar-refractivity contribution in [3.8, 4) is 0 Å². The summed E-state index contributed by atoms with van der Waals surface area (Å²) in [6.07, 6.45) is 0.932. The topological polar surface area (TPSA) is 66.8 Å². The highest BCUT2D eigenvalue weighted by molar-refractivity contribution is 7.10. The molecule has 124 valence electrons. The van der Waals surface area contributed by atoms with Crippen molar-refractivity contribution >= 4 is 17.2 Å². The third kappa shape index (κ3) is 2.75. The molecule has 4 rings (SSSR count). The van der Waals surface area contributed by atoms with Crippen LogP contribution in [-0.4, -0.2) is 37.3 Å². The van der Waals surface area contributed by atoms with Crippen LogP contribution < -0.4 is 0 Å². The molecule has 0 atom stereocenters. The zero-order chi connectivity index (χ0) is 16.7. The van der Waals surface area contributed by atoms with Crippen LogP contribution in [0.5, 0.6) is 0 Å². The van der Waals surface area contributed by atoms with E-state index in [0.717, 1.165) is 30.0 Å². The minimum absolute atomic E-state index is 0.0114. The van der Waals surface area contributed by atoms with Gasteiger partial charge in [-0.3, -0.25) is 14.6 Å². The van der Waals surface area contributed by atoms with Crippen molar-refractivity contribution in [2.45, 2.75) is 33.4 Å². The SMILES string of the molecule is Cc1cc(C)n(Cc2cc(C(=O)N3CCc4sccc4C3)n[nH]2)n1. The van der Waals surface area contributed by atoms with Crippen molar-refractivity contribution in [1.82, 2.24) is 24.9 Å². The number of amides is 1. The smallest absolute Gasteiger partial charge is 0.274 e. The van der Waals surface area contributed by atoms with Crippen LogP contribution in [0.1, 0.15) is 38.0 Å². The fraction of sp³-hybridized carbons (Fsp3) is 0.353. The van der Waals surface area contributed by atoms with Gasteiger partial charge in [0.25, 0.3) is 5.91 Å². The Bertz CT molecular complexity index is 891. The minimum Gasteiger partial charge on any atom is -0.333 e. The molecular weight excluding hydrogens is 322 g/mol. The number of aromatic amines is 1. The van der Waals surface area contributed by atoms with Gasteiger partial charge in [0, 0.05) is 23.7 Å². The lowest BCUT2D eigenvalue weighted by Crippen LogP contribution is -2.35. The number of hydrogen-bond acceptors (Lipinski definition) is 4. The first kappa shape index (κ1) is 15.1. The molecule has 6 nitrogen and oxygen atoms in total. The standard InChI is InChI=1S/C17H19N5OS/c1-11-7-12(2)22(20-11)10-14-8-15(19-18-14)17(23)21-5-3-16-13(9-21)4-6-24-16/h4,6-8H,3,5,9-10H2,1-2H3,(H,18,19). The molecule has 1 aliphatic rings. The predicted molar refractivity (Wildman–Crippen MR) is 92.2 cm³/mol. The summed E-state index contributed by atoms with van der Waals surface area (Å²) in [5, 5.41) is 13.7. The summed E-state index contributed by atoms with van der Waals surface area (Å²) in [4.78, 5) is 16.0. The van der Waals surface area contributed by atoms with Gasteiger partial charge in [0.1, 0.15) is 5.69 Å². The van der Waals surface area contributed by atoms with E-state index in [1.807, 2.05) is 35.6 Å². The maximum atomic E-state index is 12.7. The number of hydrogen-bond donors (Lipinski definition) is 1. The highest BCUT2D eigenvalue weighted by Crippen LogP contribution is 2.24. The Kier molecular flexibility index (Phi) is 3.72. The van der Waals surface area contributed by atoms with Crippen molar-refractivity contribution < 1.29 is 4.79 Å². The van der Waals surface area contributed by atoms with Crippen molar-refractivity contribution in [1.29, 1.82) is 0 Å². The number of carbonyl (C=O) groups excluding carboxylic acids is 1. The Balaban J connectivity index is 1.48. The predicted octanol–water partition coefficient (Wildman–Crippen LogP) is 2.53. The van der Waals surface area contributed by atoms with E-state index in [1.165, 1.54) is 10.4 Å². The molecule has 0 unspecified atom stereocenters. The number of aryl methyl sites for hydroxylation is 2. The monoisotopic (exact) mass is 341 g/mol. The van der Waals surface area contributed by atoms with Crippen LogP contribution in [0.3, 0.4) is 0 Å². The van der Waals surface area contributed by atoms with Gasteiger partial charge >= 0.3 is 0 Å². The van der Waals surface area contributed by atoms with Crippen LogP contribution in [0.4, 0.5) is 0 Å². The lowest BCUT2D eigenvalue weighted by molar-refractivity contribution is 0.0730. The zero-order valence-corrected chi connectivity index (χ0v) is 14.6. The van der Waals surface area contributed by atoms with Crippen LogP contribution in [-0.2, 0) is 19.5 Å². The van der Waals surface area contributed by atoms with E-state index in [9.17, 15) is 4.79 Å². The maximum absolute atomic E-state index is 12.7. The molecule has 0 spiro atoms. The molecule has 7 heteroatoms. The third-order valence-electron chi connectivity index (χ3n) is 4.37. The molecule has 0 bridgehead atoms. The van der Waals surface area contributed by atoms with Gasteiger partial charge in [-0.2, -0.15) is 10.2 Å². The van der Waals surface area contributed by atoms with Crippen LogP contribution in [0.2, 0.25) is 0 Å². The third-order valence-corrected chi connectivity index (χ3v) is 5.39. The number of H-pyrrole nitrogens is 1. The van der Waals surface area contributed by atoms with Gasteiger partial charge < -0.3 is 4.90 Å². The van der Waals surface area contributed by atoms with Gasteiger partial charge in [-0.1, -0.05) is 0 Å². The molecule has 0 saturated carbocycles. The summed E-state index contributed by atoms with van der Waals surface area (Å²) in [5.74, 6) is -0.0114. The molecule has 0 saturated heterocycles. The molecule has 3 aromatic rings. The molecular formula is C17H19N5OS. The first-order chi connectivity index (χ1) is 11.6. The molecule has 1 aliphatic heterocycles. The normalized spacial score (nSPS) is 14.0. The maximum Gasteiger partial charge on any atom is 0.274 e. The Morgan fingerprint density at radius 1 is 1.38 bits per heavy atom. The highest BCUT2D eigenvalue weighted by Gasteiger charge is 2.24. The van der Waals surface area contributed by atoms with E-state index in [1.54, 1.807) is 11.3 Å². The second-order valence-electron chi connectivity index (χ2n) is 6.21. The molecule has 4 heterocycles. The lowest BCUT2D eigenvalue weighted by Gasteiger charge is -2.26. The second-order valence-corrected chi connectivity index (χ2v) is 7.21. The van der Waals surface area contributed by atoms with Crippen molar-refractivity contribution in [3.05, 3.63) is 56.8 Å². The first-order valence-corrected chi connectivity index (χ1v) is 8.88. The Hall–Kier alpha value is -2.41. The van der Waals surface area contributed by atoms with Crippen molar-refractivity contribution in [2.24, 2.45) is 0 Å². The number of fused-ring (bicyclic) bond motifs is 1. The first-order valence-electron chi connectivity index (χ1n) is 8.00. The summed E-state index contributed by atoms with van der Waals surface area (Å²) in [6, 6.07) is 5.98. The molecule has 0 aromatic carbocycles. The van der Waals surface area contributed by atoms with Gasteiger partial charge in [-0.15, -0.1) is 11.3 Å². The average molecular weight is 341 g/mol. The van der Waals surface area contributed by atoms with E-state index >= 15 is 0 Å². The van der Waals surface area contributed by atoms with Gasteiger partial charge in [0.15, 0.2) is 0 Å². The quantitative estimate of drug-likeness (QED) is 0.796. The fourth-order valence-corrected chi connectivity index (χ4v) is 4.02. The van der Waals surface area contributed by atoms with Crippen LogP contribution in [0.25, 0.3) is 0 Å². The lowest BCUT2D eigenvalue weighted by atomic mass is 10.1. The largest absolute Gasteiger partial charge is 0.333 e. The van der Waals surface area contributed by atoms with Crippen LogP contribution in [0.15, 0.2) is 23.6 Å². The molecule has 0 radical (unpaired) electrons. The van der Waals surface area contributed by atoms with Gasteiger partial charge in [0.05, 0.1) is 17.9 Å². The highest BCUT2D eigenvalue weighted by atomic mass is 32.1. The van der Waals surface area contributed by atoms with E-state index in [4.69, 9.17) is 0 Å². The van der Waals surface area contributed by atoms with Crippen LogP contribution in [0, 0.1) is 13.8 Å². The molecule has 1 N–H and O–H groups in total. The van der Waals surface area contributed by atoms with Crippen LogP contribution >= 0.6 is 11.3 Å². The summed E-state index contributed by atoms with van der Waals surface area (Å²) in [5.41, 5.74) is 4.71. The summed E-state index contributed by atoms with van der Waals surface area (Å²) in [6.45, 7) is 6.02. The Morgan fingerprint density at radius 2 is 2.25 bits per heavy atom. The summed E-state index contributed by atoms with van der Waals surface area (Å²) >= 11 is 1.77. The minimum atomic E-state index is -0.0114. The van der Waals surface area contributed by atoms with Gasteiger partial charge in [-0.25, -0.2) is 0 Å². The summed E-state index contributed by atoms with van der Waals surface area (Å²) < 4.78 is 1.91. The molecule has 24 heavy (non-hydrogen) atoms. The number of thiophene rings is 1. The molecule has 0 fully saturated rings. The zero-order valence-electron chi connectivity index (χ0n) is 13.7. The van der Waals surface area contributed by atoms with E-state index in [-0.39, 0.29) is 5.91 Å².